The molecule has 0 aromatic heterocycles. The van der Waals surface area contributed by atoms with Gasteiger partial charge in [0.25, 0.3) is 0 Å². The number of ether oxygens (including phenoxy) is 1. The minimum atomic E-state index is -0.0336. The molecule has 2 nitrogen and oxygen atoms in total. The number of carbonyl (C=O) groups is 1. The Morgan fingerprint density at radius 3 is 2.25 bits per heavy atom. The molecule has 0 amide bonds. The van der Waals surface area contributed by atoms with Gasteiger partial charge in [0.05, 0.1) is 12.5 Å². The van der Waals surface area contributed by atoms with Crippen LogP contribution in [0, 0.1) is 11.8 Å². The van der Waals surface area contributed by atoms with Gasteiger partial charge in [-0.25, -0.2) is 0 Å². The van der Waals surface area contributed by atoms with E-state index in [1.165, 1.54) is 0 Å². The fraction of sp³-hybridized carbons (Fsp3) is 0.900. The van der Waals surface area contributed by atoms with Crippen molar-refractivity contribution in [3.8, 4) is 0 Å². The van der Waals surface area contributed by atoms with Gasteiger partial charge in [0.1, 0.15) is 0 Å². The van der Waals surface area contributed by atoms with Gasteiger partial charge in [-0.05, 0) is 25.7 Å². The predicted molar refractivity (Wildman–Crippen MR) is 49.9 cm³/mol. The Balaban J connectivity index is 3.87. The molecule has 0 heterocycles. The Hall–Kier alpha value is -0.530. The fourth-order valence-corrected chi connectivity index (χ4v) is 1.26. The van der Waals surface area contributed by atoms with Gasteiger partial charge in [-0.15, -0.1) is 0 Å². The Morgan fingerprint density at radius 2 is 1.92 bits per heavy atom. The number of hydrogen-bond donors (Lipinski definition) is 0. The highest BCUT2D eigenvalue weighted by atomic mass is 16.5. The molecule has 0 saturated carbocycles. The summed E-state index contributed by atoms with van der Waals surface area (Å²) in [5.41, 5.74) is 0. The number of hydrogen-bond acceptors (Lipinski definition) is 2. The summed E-state index contributed by atoms with van der Waals surface area (Å²) in [6, 6.07) is 0. The molecule has 0 aliphatic rings. The van der Waals surface area contributed by atoms with E-state index in [1.54, 1.807) is 0 Å². The standard InChI is InChI=1S/C10H20O2/c1-5-9(7-8(3)4)10(11)12-6-2/h8-9H,5-7H2,1-4H3. The molecule has 0 N–H and O–H groups in total. The maximum Gasteiger partial charge on any atom is 0.308 e. The largest absolute Gasteiger partial charge is 0.466 e. The first-order valence-electron chi connectivity index (χ1n) is 4.78. The van der Waals surface area contributed by atoms with Crippen molar-refractivity contribution in [2.45, 2.75) is 40.5 Å². The van der Waals surface area contributed by atoms with Crippen LogP contribution in [0.15, 0.2) is 0 Å². The zero-order valence-corrected chi connectivity index (χ0v) is 8.59. The van der Waals surface area contributed by atoms with Crippen molar-refractivity contribution in [2.24, 2.45) is 11.8 Å². The summed E-state index contributed by atoms with van der Waals surface area (Å²) in [6.45, 7) is 8.63. The molecule has 2 heteroatoms. The van der Waals surface area contributed by atoms with E-state index in [9.17, 15) is 4.79 Å². The summed E-state index contributed by atoms with van der Waals surface area (Å²) in [4.78, 5) is 11.3. The summed E-state index contributed by atoms with van der Waals surface area (Å²) in [5.74, 6) is 0.637. The van der Waals surface area contributed by atoms with Crippen LogP contribution in [0.4, 0.5) is 0 Å². The molecule has 0 aliphatic carbocycles. The Morgan fingerprint density at radius 1 is 1.33 bits per heavy atom. The van der Waals surface area contributed by atoms with Crippen LogP contribution in [0.25, 0.3) is 0 Å². The molecule has 72 valence electrons. The first-order chi connectivity index (χ1) is 5.61. The highest BCUT2D eigenvalue weighted by molar-refractivity contribution is 5.72. The smallest absolute Gasteiger partial charge is 0.308 e. The van der Waals surface area contributed by atoms with E-state index in [0.717, 1.165) is 12.8 Å². The molecule has 1 unspecified atom stereocenters. The number of carbonyl (C=O) groups excluding carboxylic acids is 1. The SMILES string of the molecule is CCOC(=O)C(CC)CC(C)C. The molecule has 0 aliphatic heterocycles. The summed E-state index contributed by atoms with van der Waals surface area (Å²) in [6.07, 6.45) is 1.83. The maximum atomic E-state index is 11.3. The molecule has 0 radical (unpaired) electrons. The molecular formula is C10H20O2. The molecule has 0 rings (SSSR count). The van der Waals surface area contributed by atoms with Gasteiger partial charge in [0.15, 0.2) is 0 Å². The number of rotatable bonds is 5. The summed E-state index contributed by atoms with van der Waals surface area (Å²) < 4.78 is 4.96. The maximum absolute atomic E-state index is 11.3. The fourth-order valence-electron chi connectivity index (χ4n) is 1.26. The number of esters is 1. The second kappa shape index (κ2) is 6.04. The highest BCUT2D eigenvalue weighted by Crippen LogP contribution is 2.16. The second-order valence-corrected chi connectivity index (χ2v) is 3.49. The average molecular weight is 172 g/mol. The van der Waals surface area contributed by atoms with E-state index in [2.05, 4.69) is 13.8 Å². The molecule has 0 spiro atoms. The van der Waals surface area contributed by atoms with Crippen LogP contribution < -0.4 is 0 Å². The predicted octanol–water partition coefficient (Wildman–Crippen LogP) is 2.62. The molecular weight excluding hydrogens is 152 g/mol. The van der Waals surface area contributed by atoms with Gasteiger partial charge in [0.2, 0.25) is 0 Å². The topological polar surface area (TPSA) is 26.3 Å². The summed E-state index contributed by atoms with van der Waals surface area (Å²) >= 11 is 0. The van der Waals surface area contributed by atoms with Crippen LogP contribution in [0.2, 0.25) is 0 Å². The average Bonchev–Trinajstić information content (AvgIpc) is 2.00. The highest BCUT2D eigenvalue weighted by Gasteiger charge is 2.18. The van der Waals surface area contributed by atoms with Gasteiger partial charge in [0, 0.05) is 0 Å². The van der Waals surface area contributed by atoms with E-state index in [0.29, 0.717) is 12.5 Å². The van der Waals surface area contributed by atoms with Gasteiger partial charge < -0.3 is 4.74 Å². The zero-order valence-electron chi connectivity index (χ0n) is 8.59. The lowest BCUT2D eigenvalue weighted by molar-refractivity contribution is -0.148. The third-order valence-corrected chi connectivity index (χ3v) is 1.87. The van der Waals surface area contributed by atoms with Crippen molar-refractivity contribution >= 4 is 5.97 Å². The molecule has 0 saturated heterocycles. The zero-order chi connectivity index (χ0) is 9.56. The van der Waals surface area contributed by atoms with Crippen LogP contribution in [-0.4, -0.2) is 12.6 Å². The van der Waals surface area contributed by atoms with Crippen LogP contribution in [0.3, 0.4) is 0 Å². The van der Waals surface area contributed by atoms with Gasteiger partial charge in [-0.1, -0.05) is 20.8 Å². The molecule has 0 fully saturated rings. The second-order valence-electron chi connectivity index (χ2n) is 3.49. The van der Waals surface area contributed by atoms with Crippen molar-refractivity contribution in [1.82, 2.24) is 0 Å². The lowest BCUT2D eigenvalue weighted by atomic mass is 9.95. The lowest BCUT2D eigenvalue weighted by Crippen LogP contribution is -2.18. The van der Waals surface area contributed by atoms with E-state index in [1.807, 2.05) is 13.8 Å². The Kier molecular flexibility index (Phi) is 5.77. The van der Waals surface area contributed by atoms with Crippen molar-refractivity contribution < 1.29 is 9.53 Å². The monoisotopic (exact) mass is 172 g/mol. The first kappa shape index (κ1) is 11.5. The Bertz CT molecular complexity index is 130. The molecule has 0 aromatic carbocycles. The molecule has 1 atom stereocenters. The van der Waals surface area contributed by atoms with Gasteiger partial charge in [-0.2, -0.15) is 0 Å². The normalized spacial score (nSPS) is 13.1. The van der Waals surface area contributed by atoms with E-state index in [4.69, 9.17) is 4.74 Å². The van der Waals surface area contributed by atoms with Crippen molar-refractivity contribution in [3.63, 3.8) is 0 Å². The summed E-state index contributed by atoms with van der Waals surface area (Å²) in [7, 11) is 0. The van der Waals surface area contributed by atoms with Crippen molar-refractivity contribution in [3.05, 3.63) is 0 Å². The summed E-state index contributed by atoms with van der Waals surface area (Å²) in [5, 5.41) is 0. The quantitative estimate of drug-likeness (QED) is 0.596. The van der Waals surface area contributed by atoms with E-state index < -0.39 is 0 Å². The van der Waals surface area contributed by atoms with Gasteiger partial charge >= 0.3 is 5.97 Å². The first-order valence-corrected chi connectivity index (χ1v) is 4.78. The minimum Gasteiger partial charge on any atom is -0.466 e. The molecule has 0 aromatic rings. The van der Waals surface area contributed by atoms with E-state index >= 15 is 0 Å². The van der Waals surface area contributed by atoms with Crippen LogP contribution in [0.5, 0.6) is 0 Å². The van der Waals surface area contributed by atoms with Crippen LogP contribution in [0.1, 0.15) is 40.5 Å². The molecule has 0 bridgehead atoms. The Labute approximate surface area is 75.3 Å². The van der Waals surface area contributed by atoms with Crippen LogP contribution >= 0.6 is 0 Å². The van der Waals surface area contributed by atoms with Crippen molar-refractivity contribution in [1.29, 1.82) is 0 Å². The molecule has 12 heavy (non-hydrogen) atoms. The van der Waals surface area contributed by atoms with Crippen molar-refractivity contribution in [2.75, 3.05) is 6.61 Å². The third-order valence-electron chi connectivity index (χ3n) is 1.87. The third kappa shape index (κ3) is 4.37. The lowest BCUT2D eigenvalue weighted by Gasteiger charge is -2.14. The van der Waals surface area contributed by atoms with E-state index in [-0.39, 0.29) is 11.9 Å². The minimum absolute atomic E-state index is 0.0336. The van der Waals surface area contributed by atoms with Crippen LogP contribution in [-0.2, 0) is 9.53 Å². The van der Waals surface area contributed by atoms with Gasteiger partial charge in [-0.3, -0.25) is 4.79 Å².